The smallest absolute Gasteiger partial charge is 0.272 e. The number of hydrogen-bond donors (Lipinski definition) is 2. The molecule has 2 aliphatic rings. The molecule has 11 heteroatoms. The van der Waals surface area contributed by atoms with Gasteiger partial charge in [0.15, 0.2) is 5.82 Å². The van der Waals surface area contributed by atoms with Crippen LogP contribution in [0.5, 0.6) is 0 Å². The molecule has 2 N–H and O–H groups in total. The topological polar surface area (TPSA) is 99.2 Å². The molecule has 2 aliphatic heterocycles. The Bertz CT molecular complexity index is 2240. The van der Waals surface area contributed by atoms with E-state index in [0.717, 1.165) is 84.3 Å². The summed E-state index contributed by atoms with van der Waals surface area (Å²) < 4.78 is 2.12. The van der Waals surface area contributed by atoms with E-state index in [4.69, 9.17) is 33.2 Å². The molecule has 3 aromatic carbocycles. The van der Waals surface area contributed by atoms with Gasteiger partial charge in [0.2, 0.25) is 5.91 Å². The van der Waals surface area contributed by atoms with Gasteiger partial charge < -0.3 is 24.7 Å². The summed E-state index contributed by atoms with van der Waals surface area (Å²) in [4.78, 5) is 44.7. The molecular weight excluding hydrogens is 693 g/mol. The van der Waals surface area contributed by atoms with Crippen LogP contribution in [0, 0.1) is 0 Å². The molecule has 0 spiro atoms. The summed E-state index contributed by atoms with van der Waals surface area (Å²) in [5, 5.41) is 5.28. The molecule has 0 saturated carbocycles. The fourth-order valence-corrected chi connectivity index (χ4v) is 8.03. The second-order valence-corrected chi connectivity index (χ2v) is 14.5. The van der Waals surface area contributed by atoms with E-state index in [2.05, 4.69) is 31.6 Å². The van der Waals surface area contributed by atoms with E-state index in [1.54, 1.807) is 6.20 Å². The number of nitrogens with one attached hydrogen (secondary N) is 2. The van der Waals surface area contributed by atoms with Crippen LogP contribution in [0.2, 0.25) is 10.0 Å². The maximum atomic E-state index is 14.6. The van der Waals surface area contributed by atoms with Crippen molar-refractivity contribution in [2.45, 2.75) is 51.1 Å². The highest BCUT2D eigenvalue weighted by Gasteiger charge is 2.32. The molecule has 6 aromatic rings. The summed E-state index contributed by atoms with van der Waals surface area (Å²) in [6.45, 7) is 4.44. The van der Waals surface area contributed by atoms with Gasteiger partial charge in [0.25, 0.3) is 5.91 Å². The first-order chi connectivity index (χ1) is 25.4. The van der Waals surface area contributed by atoms with Crippen LogP contribution < -0.4 is 10.2 Å². The van der Waals surface area contributed by atoms with E-state index in [-0.39, 0.29) is 23.9 Å². The van der Waals surface area contributed by atoms with Crippen LogP contribution in [0.15, 0.2) is 97.5 Å². The Kier molecular flexibility index (Phi) is 9.47. The van der Waals surface area contributed by atoms with Crippen molar-refractivity contribution in [2.24, 2.45) is 0 Å². The van der Waals surface area contributed by atoms with Gasteiger partial charge in [0, 0.05) is 70.4 Å². The molecule has 3 aromatic heterocycles. The fraction of sp³-hybridized carbons (Fsp3) is 0.268. The Labute approximate surface area is 312 Å². The summed E-state index contributed by atoms with van der Waals surface area (Å²) in [5.41, 5.74) is 5.99. The highest BCUT2D eigenvalue weighted by molar-refractivity contribution is 6.31. The average Bonchev–Trinajstić information content (AvgIpc) is 3.77. The van der Waals surface area contributed by atoms with Crippen molar-refractivity contribution in [1.82, 2.24) is 24.4 Å². The summed E-state index contributed by atoms with van der Waals surface area (Å²) in [5.74, 6) is 0.674. The van der Waals surface area contributed by atoms with Crippen molar-refractivity contribution in [2.75, 3.05) is 29.9 Å². The van der Waals surface area contributed by atoms with Gasteiger partial charge in [0.05, 0.1) is 29.4 Å². The fourth-order valence-electron chi connectivity index (χ4n) is 7.73. The number of carbonyl (C=O) groups excluding carboxylic acids is 2. The lowest BCUT2D eigenvalue weighted by Crippen LogP contribution is -2.49. The molecule has 264 valence electrons. The number of pyridine rings is 1. The van der Waals surface area contributed by atoms with Gasteiger partial charge >= 0.3 is 0 Å². The van der Waals surface area contributed by atoms with E-state index >= 15 is 0 Å². The largest absolute Gasteiger partial charge is 0.355 e. The number of anilines is 2. The second kappa shape index (κ2) is 14.5. The van der Waals surface area contributed by atoms with Gasteiger partial charge in [-0.1, -0.05) is 71.7 Å². The van der Waals surface area contributed by atoms with Crippen LogP contribution in [-0.4, -0.2) is 61.9 Å². The molecule has 0 radical (unpaired) electrons. The van der Waals surface area contributed by atoms with Crippen molar-refractivity contribution in [3.8, 4) is 22.5 Å². The molecule has 0 aliphatic carbocycles. The van der Waals surface area contributed by atoms with Crippen LogP contribution in [0.3, 0.4) is 0 Å². The number of fused-ring (bicyclic) bond motifs is 1. The number of nitrogens with zero attached hydrogens (tertiary/aromatic N) is 5. The number of H-pyrrole nitrogens is 1. The molecule has 9 nitrogen and oxygen atoms in total. The molecule has 0 bridgehead atoms. The minimum absolute atomic E-state index is 0.140. The summed E-state index contributed by atoms with van der Waals surface area (Å²) in [7, 11) is 0. The molecule has 52 heavy (non-hydrogen) atoms. The highest BCUT2D eigenvalue weighted by atomic mass is 35.5. The molecule has 2 saturated heterocycles. The van der Waals surface area contributed by atoms with Crippen molar-refractivity contribution >= 4 is 57.4 Å². The first-order valence-corrected chi connectivity index (χ1v) is 18.6. The summed E-state index contributed by atoms with van der Waals surface area (Å²) >= 11 is 12.8. The van der Waals surface area contributed by atoms with E-state index in [0.29, 0.717) is 33.7 Å². The highest BCUT2D eigenvalue weighted by Crippen LogP contribution is 2.42. The van der Waals surface area contributed by atoms with Crippen LogP contribution in [-0.2, 0) is 4.79 Å². The van der Waals surface area contributed by atoms with E-state index in [1.807, 2.05) is 91.3 Å². The SMILES string of the molecule is CC(c1ccc(Cl)cc1)n1cnc(-c2ccccc2)c1-c1c(C(=O)Nc2cccnc2N2CCC(N3CCCCC3=O)CC2)[nH]c2cc(Cl)ccc12. The lowest BCUT2D eigenvalue weighted by molar-refractivity contribution is -0.136. The van der Waals surface area contributed by atoms with Gasteiger partial charge in [-0.05, 0) is 74.6 Å². The Morgan fingerprint density at radius 1 is 0.904 bits per heavy atom. The molecule has 1 atom stereocenters. The number of benzene rings is 3. The Balaban J connectivity index is 1.18. The van der Waals surface area contributed by atoms with Crippen molar-refractivity contribution in [1.29, 1.82) is 0 Å². The first kappa shape index (κ1) is 34.0. The van der Waals surface area contributed by atoms with E-state index in [9.17, 15) is 9.59 Å². The third kappa shape index (κ3) is 6.55. The standard InChI is InChI=1S/C41H39Cl2N7O2/c1-26(27-12-14-29(42)15-13-27)50-25-45-37(28-8-3-2-4-9-28)39(50)36-32-17-16-30(43)24-34(32)46-38(36)41(52)47-33-10-7-20-44-40(33)48-22-18-31(19-23-48)49-21-6-5-11-35(49)51/h2-4,7-10,12-17,20,24-26,31,46H,5-6,11,18-19,21-23H2,1H3,(H,47,52). The number of halogens is 2. The van der Waals surface area contributed by atoms with Crippen molar-refractivity contribution < 1.29 is 9.59 Å². The monoisotopic (exact) mass is 731 g/mol. The number of aromatic nitrogens is 4. The molecule has 5 heterocycles. The van der Waals surface area contributed by atoms with E-state index < -0.39 is 0 Å². The zero-order chi connectivity index (χ0) is 35.8. The van der Waals surface area contributed by atoms with Gasteiger partial charge in [-0.15, -0.1) is 0 Å². The second-order valence-electron chi connectivity index (χ2n) is 13.6. The van der Waals surface area contributed by atoms with Crippen LogP contribution in [0.1, 0.15) is 61.1 Å². The maximum Gasteiger partial charge on any atom is 0.272 e. The number of rotatable bonds is 8. The Morgan fingerprint density at radius 2 is 1.67 bits per heavy atom. The predicted octanol–water partition coefficient (Wildman–Crippen LogP) is 9.24. The van der Waals surface area contributed by atoms with Crippen molar-refractivity contribution in [3.05, 3.63) is 119 Å². The van der Waals surface area contributed by atoms with Gasteiger partial charge in [-0.25, -0.2) is 9.97 Å². The van der Waals surface area contributed by atoms with Gasteiger partial charge in [-0.3, -0.25) is 9.59 Å². The number of hydrogen-bond acceptors (Lipinski definition) is 5. The van der Waals surface area contributed by atoms with Gasteiger partial charge in [0.1, 0.15) is 5.69 Å². The summed E-state index contributed by atoms with van der Waals surface area (Å²) in [6, 6.07) is 27.3. The molecule has 2 amide bonds. The average molecular weight is 733 g/mol. The third-order valence-corrected chi connectivity index (χ3v) is 10.9. The van der Waals surface area contributed by atoms with Gasteiger partial charge in [-0.2, -0.15) is 0 Å². The Hall–Kier alpha value is -5.12. The third-order valence-electron chi connectivity index (χ3n) is 10.4. The number of likely N-dealkylation sites (tertiary alicyclic amines) is 1. The molecule has 8 rings (SSSR count). The number of amides is 2. The normalized spacial score (nSPS) is 16.0. The Morgan fingerprint density at radius 3 is 2.44 bits per heavy atom. The van der Waals surface area contributed by atoms with Crippen molar-refractivity contribution in [3.63, 3.8) is 0 Å². The minimum Gasteiger partial charge on any atom is -0.355 e. The lowest BCUT2D eigenvalue weighted by Gasteiger charge is -2.40. The van der Waals surface area contributed by atoms with E-state index in [1.165, 1.54) is 0 Å². The maximum absolute atomic E-state index is 14.6. The van der Waals surface area contributed by atoms with Crippen LogP contribution >= 0.6 is 23.2 Å². The molecular formula is C41H39Cl2N7O2. The molecule has 2 fully saturated rings. The zero-order valence-corrected chi connectivity index (χ0v) is 30.4. The number of imidazole rings is 1. The number of carbonyl (C=O) groups is 2. The minimum atomic E-state index is -0.309. The number of piperidine rings is 2. The molecule has 1 unspecified atom stereocenters. The first-order valence-electron chi connectivity index (χ1n) is 17.9. The van der Waals surface area contributed by atoms with Crippen LogP contribution in [0.4, 0.5) is 11.5 Å². The number of aromatic amines is 1. The predicted molar refractivity (Wildman–Crippen MR) is 208 cm³/mol. The lowest BCUT2D eigenvalue weighted by atomic mass is 9.99. The zero-order valence-electron chi connectivity index (χ0n) is 28.9. The van der Waals surface area contributed by atoms with Crippen LogP contribution in [0.25, 0.3) is 33.4 Å². The quantitative estimate of drug-likeness (QED) is 0.163. The summed E-state index contributed by atoms with van der Waals surface area (Å²) in [6.07, 6.45) is 8.01.